The van der Waals surface area contributed by atoms with Gasteiger partial charge in [-0.15, -0.1) is 0 Å². The van der Waals surface area contributed by atoms with E-state index in [0.717, 1.165) is 0 Å². The molecule has 0 aliphatic rings. The zero-order valence-electron chi connectivity index (χ0n) is 10.2. The van der Waals surface area contributed by atoms with Crippen LogP contribution >= 0.6 is 0 Å². The summed E-state index contributed by atoms with van der Waals surface area (Å²) in [7, 11) is 0. The van der Waals surface area contributed by atoms with Gasteiger partial charge in [-0.2, -0.15) is 0 Å². The van der Waals surface area contributed by atoms with Crippen LogP contribution in [0, 0.1) is 0 Å². The third-order valence-corrected chi connectivity index (χ3v) is 1.88. The number of carboxylic acids is 2. The summed E-state index contributed by atoms with van der Waals surface area (Å²) < 4.78 is 0. The van der Waals surface area contributed by atoms with Gasteiger partial charge < -0.3 is 15.5 Å². The van der Waals surface area contributed by atoms with Crippen LogP contribution in [0.3, 0.4) is 0 Å². The number of hydrogen-bond donors (Lipinski definition) is 3. The van der Waals surface area contributed by atoms with Crippen molar-refractivity contribution in [1.82, 2.24) is 0 Å². The summed E-state index contributed by atoms with van der Waals surface area (Å²) in [5, 5.41) is 20.5. The minimum absolute atomic E-state index is 0.202. The van der Waals surface area contributed by atoms with Crippen molar-refractivity contribution in [3.8, 4) is 0 Å². The number of benzene rings is 1. The maximum Gasteiger partial charge on any atom is 0.338 e. The first-order chi connectivity index (χ1) is 8.07. The van der Waals surface area contributed by atoms with Crippen LogP contribution in [0.4, 0.5) is 5.69 Å². The molecule has 17 heavy (non-hydrogen) atoms. The second kappa shape index (κ2) is 7.27. The van der Waals surface area contributed by atoms with Gasteiger partial charge in [0.05, 0.1) is 11.1 Å². The normalized spacial score (nSPS) is 8.88. The van der Waals surface area contributed by atoms with Gasteiger partial charge in [-0.05, 0) is 19.1 Å². The van der Waals surface area contributed by atoms with Gasteiger partial charge in [0, 0.05) is 12.2 Å². The van der Waals surface area contributed by atoms with Crippen LogP contribution in [0.5, 0.6) is 0 Å². The minimum atomic E-state index is -1.25. The molecular formula is C12H17NO4. The monoisotopic (exact) mass is 239 g/mol. The molecule has 0 atom stereocenters. The molecule has 0 spiro atoms. The van der Waals surface area contributed by atoms with Crippen LogP contribution in [0.15, 0.2) is 18.2 Å². The summed E-state index contributed by atoms with van der Waals surface area (Å²) in [5.41, 5.74) is -0.0855. The van der Waals surface area contributed by atoms with Crippen LogP contribution in [-0.4, -0.2) is 28.7 Å². The first-order valence-electron chi connectivity index (χ1n) is 5.41. The van der Waals surface area contributed by atoms with Crippen molar-refractivity contribution in [1.29, 1.82) is 0 Å². The largest absolute Gasteiger partial charge is 0.478 e. The molecule has 3 N–H and O–H groups in total. The summed E-state index contributed by atoms with van der Waals surface area (Å²) in [4.78, 5) is 21.7. The maximum absolute atomic E-state index is 10.9. The van der Waals surface area contributed by atoms with Crippen molar-refractivity contribution in [3.63, 3.8) is 0 Å². The molecule has 0 radical (unpaired) electrons. The summed E-state index contributed by atoms with van der Waals surface area (Å²) in [5.74, 6) is -2.49. The highest BCUT2D eigenvalue weighted by atomic mass is 16.4. The highest BCUT2D eigenvalue weighted by molar-refractivity contribution is 6.05. The zero-order valence-corrected chi connectivity index (χ0v) is 10.2. The molecular weight excluding hydrogens is 222 g/mol. The van der Waals surface area contributed by atoms with Gasteiger partial charge in [0.1, 0.15) is 0 Å². The van der Waals surface area contributed by atoms with E-state index in [2.05, 4.69) is 5.32 Å². The second-order valence-electron chi connectivity index (χ2n) is 2.87. The van der Waals surface area contributed by atoms with E-state index in [9.17, 15) is 9.59 Å². The smallest absolute Gasteiger partial charge is 0.338 e. The molecule has 0 aromatic heterocycles. The van der Waals surface area contributed by atoms with Crippen molar-refractivity contribution < 1.29 is 19.8 Å². The van der Waals surface area contributed by atoms with Crippen molar-refractivity contribution in [2.45, 2.75) is 20.8 Å². The quantitative estimate of drug-likeness (QED) is 0.751. The second-order valence-corrected chi connectivity index (χ2v) is 2.87. The number of carbonyl (C=O) groups is 2. The first kappa shape index (κ1) is 15.0. The maximum atomic E-state index is 10.9. The van der Waals surface area contributed by atoms with Gasteiger partial charge in [-0.3, -0.25) is 0 Å². The lowest BCUT2D eigenvalue weighted by Crippen LogP contribution is -2.12. The van der Waals surface area contributed by atoms with Crippen molar-refractivity contribution in [3.05, 3.63) is 29.3 Å². The Morgan fingerprint density at radius 3 is 2.18 bits per heavy atom. The number of hydrogen-bond acceptors (Lipinski definition) is 3. The van der Waals surface area contributed by atoms with Gasteiger partial charge in [0.15, 0.2) is 0 Å². The molecule has 0 saturated heterocycles. The molecule has 0 unspecified atom stereocenters. The fraction of sp³-hybridized carbons (Fsp3) is 0.333. The number of nitrogens with one attached hydrogen (secondary N) is 1. The summed E-state index contributed by atoms with van der Waals surface area (Å²) >= 11 is 0. The average molecular weight is 239 g/mol. The number of anilines is 1. The molecule has 1 aromatic carbocycles. The van der Waals surface area contributed by atoms with Crippen LogP contribution in [0.25, 0.3) is 0 Å². The minimum Gasteiger partial charge on any atom is -0.478 e. The number of carboxylic acid groups (broad SMARTS) is 2. The standard InChI is InChI=1S/C10H11NO4.C2H6/c1-2-11-7-5-3-4-6(9(12)13)8(7)10(14)15;1-2/h3-5,11H,2H2,1H3,(H,12,13)(H,14,15);1-2H3. The third-order valence-electron chi connectivity index (χ3n) is 1.88. The number of rotatable bonds is 4. The highest BCUT2D eigenvalue weighted by Crippen LogP contribution is 2.20. The summed E-state index contributed by atoms with van der Waals surface area (Å²) in [6.07, 6.45) is 0. The van der Waals surface area contributed by atoms with Gasteiger partial charge in [0.25, 0.3) is 0 Å². The molecule has 0 aliphatic carbocycles. The lowest BCUT2D eigenvalue weighted by Gasteiger charge is -2.09. The van der Waals surface area contributed by atoms with E-state index in [0.29, 0.717) is 12.2 Å². The SMILES string of the molecule is CC.CCNc1cccc(C(=O)O)c1C(=O)O. The Labute approximate surface area is 100 Å². The molecule has 0 fully saturated rings. The third kappa shape index (κ3) is 3.79. The average Bonchev–Trinajstić information content (AvgIpc) is 2.31. The summed E-state index contributed by atoms with van der Waals surface area (Å²) in [6.45, 7) is 6.34. The van der Waals surface area contributed by atoms with Gasteiger partial charge >= 0.3 is 11.9 Å². The Kier molecular flexibility index (Phi) is 6.40. The van der Waals surface area contributed by atoms with Crippen LogP contribution in [0.2, 0.25) is 0 Å². The van der Waals surface area contributed by atoms with Crippen LogP contribution in [0.1, 0.15) is 41.5 Å². The highest BCUT2D eigenvalue weighted by Gasteiger charge is 2.19. The lowest BCUT2D eigenvalue weighted by atomic mass is 10.1. The first-order valence-corrected chi connectivity index (χ1v) is 5.41. The Morgan fingerprint density at radius 2 is 1.76 bits per heavy atom. The zero-order chi connectivity index (χ0) is 13.4. The summed E-state index contributed by atoms with van der Waals surface area (Å²) in [6, 6.07) is 4.32. The predicted octanol–water partition coefficient (Wildman–Crippen LogP) is 2.54. The Morgan fingerprint density at radius 1 is 1.18 bits per heavy atom. The molecule has 0 saturated carbocycles. The fourth-order valence-electron chi connectivity index (χ4n) is 1.30. The molecule has 0 bridgehead atoms. The topological polar surface area (TPSA) is 86.6 Å². The van der Waals surface area contributed by atoms with E-state index < -0.39 is 11.9 Å². The van der Waals surface area contributed by atoms with E-state index in [1.165, 1.54) is 12.1 Å². The Balaban J connectivity index is 0.00000121. The van der Waals surface area contributed by atoms with E-state index in [-0.39, 0.29) is 11.1 Å². The fourth-order valence-corrected chi connectivity index (χ4v) is 1.30. The van der Waals surface area contributed by atoms with E-state index in [4.69, 9.17) is 10.2 Å². The molecule has 5 heteroatoms. The van der Waals surface area contributed by atoms with E-state index in [1.807, 2.05) is 13.8 Å². The molecule has 94 valence electrons. The van der Waals surface area contributed by atoms with Gasteiger partial charge in [-0.1, -0.05) is 19.9 Å². The predicted molar refractivity (Wildman–Crippen MR) is 65.9 cm³/mol. The van der Waals surface area contributed by atoms with Crippen molar-refractivity contribution in [2.75, 3.05) is 11.9 Å². The molecule has 1 aromatic rings. The molecule has 0 amide bonds. The number of aromatic carboxylic acids is 2. The van der Waals surface area contributed by atoms with E-state index >= 15 is 0 Å². The van der Waals surface area contributed by atoms with Crippen molar-refractivity contribution in [2.24, 2.45) is 0 Å². The van der Waals surface area contributed by atoms with Gasteiger partial charge in [0.2, 0.25) is 0 Å². The Bertz CT molecular complexity index is 401. The molecule has 0 aliphatic heterocycles. The molecule has 5 nitrogen and oxygen atoms in total. The van der Waals surface area contributed by atoms with Crippen LogP contribution in [-0.2, 0) is 0 Å². The molecule has 0 heterocycles. The van der Waals surface area contributed by atoms with Crippen molar-refractivity contribution >= 4 is 17.6 Å². The Hall–Kier alpha value is -2.04. The van der Waals surface area contributed by atoms with Crippen LogP contribution < -0.4 is 5.32 Å². The molecule has 1 rings (SSSR count). The van der Waals surface area contributed by atoms with Gasteiger partial charge in [-0.25, -0.2) is 9.59 Å². The van der Waals surface area contributed by atoms with E-state index in [1.54, 1.807) is 13.0 Å². The lowest BCUT2D eigenvalue weighted by molar-refractivity contribution is 0.0652.